The van der Waals surface area contributed by atoms with E-state index in [1.807, 2.05) is 0 Å². The number of carbonyl (C=O) groups is 1. The molecule has 78 valence electrons. The van der Waals surface area contributed by atoms with Crippen molar-refractivity contribution >= 4 is 16.8 Å². The van der Waals surface area contributed by atoms with Crippen LogP contribution < -0.4 is 0 Å². The molecule has 0 amide bonds. The molecule has 0 aliphatic rings. The first-order valence-corrected chi connectivity index (χ1v) is 5.23. The Bertz CT molecular complexity index is 210. The topological polar surface area (TPSA) is 43.4 Å². The number of carbonyl (C=O) groups excluding carboxylic acids is 1. The van der Waals surface area contributed by atoms with E-state index in [9.17, 15) is 13.4 Å². The highest BCUT2D eigenvalue weighted by Gasteiger charge is 2.34. The minimum atomic E-state index is -2.04. The Balaban J connectivity index is 4.35. The Labute approximate surface area is 80.1 Å². The van der Waals surface area contributed by atoms with Crippen LogP contribution in [0.1, 0.15) is 27.7 Å². The lowest BCUT2D eigenvalue weighted by Crippen LogP contribution is -2.34. The zero-order valence-electron chi connectivity index (χ0n) is 8.30. The van der Waals surface area contributed by atoms with Gasteiger partial charge in [-0.2, -0.15) is 0 Å². The van der Waals surface area contributed by atoms with Crippen LogP contribution in [-0.4, -0.2) is 27.0 Å². The number of hydrogen-bond acceptors (Lipinski definition) is 3. The highest BCUT2D eigenvalue weighted by Crippen LogP contribution is 2.17. The standard InChI is InChI=1S/C8H15FO3S/c1-5-12-7(10)6(9)13(11)8(2,3)4/h6H,5H2,1-4H3. The molecule has 0 bridgehead atoms. The van der Waals surface area contributed by atoms with Crippen LogP contribution in [0.5, 0.6) is 0 Å². The predicted molar refractivity (Wildman–Crippen MR) is 49.4 cm³/mol. The van der Waals surface area contributed by atoms with Gasteiger partial charge in [-0.05, 0) is 27.7 Å². The van der Waals surface area contributed by atoms with Gasteiger partial charge >= 0.3 is 5.97 Å². The molecule has 0 radical (unpaired) electrons. The van der Waals surface area contributed by atoms with Crippen LogP contribution in [0, 0.1) is 0 Å². The summed E-state index contributed by atoms with van der Waals surface area (Å²) in [4.78, 5) is 10.8. The number of esters is 1. The highest BCUT2D eigenvalue weighted by molar-refractivity contribution is 7.87. The Kier molecular flexibility index (Phi) is 4.53. The van der Waals surface area contributed by atoms with Gasteiger partial charge in [-0.1, -0.05) is 0 Å². The maximum Gasteiger partial charge on any atom is 0.354 e. The number of halogens is 1. The molecule has 0 fully saturated rings. The molecule has 0 rings (SSSR count). The van der Waals surface area contributed by atoms with E-state index in [4.69, 9.17) is 0 Å². The number of rotatable bonds is 3. The fraction of sp³-hybridized carbons (Fsp3) is 0.875. The van der Waals surface area contributed by atoms with Gasteiger partial charge in [0.25, 0.3) is 5.50 Å². The fourth-order valence-corrected chi connectivity index (χ4v) is 1.47. The average Bonchev–Trinajstić information content (AvgIpc) is 2.00. The van der Waals surface area contributed by atoms with Crippen molar-refractivity contribution in [2.75, 3.05) is 6.61 Å². The Morgan fingerprint density at radius 2 is 2.00 bits per heavy atom. The number of hydrogen-bond donors (Lipinski definition) is 0. The van der Waals surface area contributed by atoms with Gasteiger partial charge in [0.15, 0.2) is 0 Å². The van der Waals surface area contributed by atoms with Crippen LogP contribution in [0.2, 0.25) is 0 Å². The van der Waals surface area contributed by atoms with Crippen LogP contribution in [-0.2, 0) is 20.3 Å². The smallest absolute Gasteiger partial charge is 0.354 e. The van der Waals surface area contributed by atoms with E-state index in [1.165, 1.54) is 0 Å². The predicted octanol–water partition coefficient (Wildman–Crippen LogP) is 1.39. The molecule has 0 heterocycles. The second-order valence-electron chi connectivity index (χ2n) is 3.48. The second-order valence-corrected chi connectivity index (χ2v) is 5.71. The minimum Gasteiger partial charge on any atom is -0.463 e. The van der Waals surface area contributed by atoms with E-state index in [0.29, 0.717) is 0 Å². The van der Waals surface area contributed by atoms with Crippen molar-refractivity contribution in [3.05, 3.63) is 0 Å². The van der Waals surface area contributed by atoms with E-state index < -0.39 is 27.0 Å². The van der Waals surface area contributed by atoms with Gasteiger partial charge in [0.1, 0.15) is 0 Å². The molecule has 0 saturated carbocycles. The highest BCUT2D eigenvalue weighted by atomic mass is 32.2. The zero-order chi connectivity index (χ0) is 10.6. The maximum absolute atomic E-state index is 13.1. The summed E-state index contributed by atoms with van der Waals surface area (Å²) < 4.78 is 28.1. The normalized spacial score (nSPS) is 16.4. The SMILES string of the molecule is CCOC(=O)C(F)S(=O)C(C)(C)C. The molecule has 0 N–H and O–H groups in total. The van der Waals surface area contributed by atoms with Crippen LogP contribution in [0.4, 0.5) is 4.39 Å². The van der Waals surface area contributed by atoms with Crippen molar-refractivity contribution in [2.45, 2.75) is 37.9 Å². The van der Waals surface area contributed by atoms with E-state index >= 15 is 0 Å². The molecule has 13 heavy (non-hydrogen) atoms. The molecular formula is C8H15FO3S. The molecule has 0 aliphatic heterocycles. The van der Waals surface area contributed by atoms with Gasteiger partial charge in [-0.3, -0.25) is 4.21 Å². The summed E-state index contributed by atoms with van der Waals surface area (Å²) >= 11 is 0. The summed E-state index contributed by atoms with van der Waals surface area (Å²) in [6, 6.07) is 0. The summed E-state index contributed by atoms with van der Waals surface area (Å²) in [6.45, 7) is 6.49. The average molecular weight is 210 g/mol. The molecule has 0 aromatic rings. The van der Waals surface area contributed by atoms with Gasteiger partial charge in [-0.25, -0.2) is 9.18 Å². The quantitative estimate of drug-likeness (QED) is 0.661. The van der Waals surface area contributed by atoms with Crippen LogP contribution in [0.15, 0.2) is 0 Å². The maximum atomic E-state index is 13.1. The lowest BCUT2D eigenvalue weighted by Gasteiger charge is -2.19. The first kappa shape index (κ1) is 12.6. The van der Waals surface area contributed by atoms with Crippen LogP contribution in [0.3, 0.4) is 0 Å². The third-order valence-electron chi connectivity index (χ3n) is 1.26. The van der Waals surface area contributed by atoms with Crippen LogP contribution >= 0.6 is 0 Å². The Hall–Kier alpha value is -0.450. The number of alkyl halides is 1. The molecule has 0 aromatic carbocycles. The third kappa shape index (κ3) is 3.85. The molecule has 2 unspecified atom stereocenters. The lowest BCUT2D eigenvalue weighted by atomic mass is 10.3. The summed E-state index contributed by atoms with van der Waals surface area (Å²) in [5, 5.41) is 0. The van der Waals surface area contributed by atoms with Gasteiger partial charge in [0.05, 0.1) is 17.4 Å². The first-order valence-electron chi connectivity index (χ1n) is 4.02. The molecule has 0 aromatic heterocycles. The molecule has 0 spiro atoms. The van der Waals surface area contributed by atoms with E-state index in [0.717, 1.165) is 0 Å². The third-order valence-corrected chi connectivity index (χ3v) is 3.04. The Morgan fingerprint density at radius 1 is 1.54 bits per heavy atom. The molecular weight excluding hydrogens is 195 g/mol. The van der Waals surface area contributed by atoms with E-state index in [2.05, 4.69) is 4.74 Å². The van der Waals surface area contributed by atoms with E-state index in [-0.39, 0.29) is 6.61 Å². The van der Waals surface area contributed by atoms with Gasteiger partial charge in [0.2, 0.25) is 0 Å². The van der Waals surface area contributed by atoms with Crippen molar-refractivity contribution in [3.8, 4) is 0 Å². The molecule has 5 heteroatoms. The fourth-order valence-electron chi connectivity index (χ4n) is 0.606. The summed E-state index contributed by atoms with van der Waals surface area (Å²) in [6.07, 6.45) is 0. The molecule has 2 atom stereocenters. The van der Waals surface area contributed by atoms with Crippen molar-refractivity contribution in [3.63, 3.8) is 0 Å². The van der Waals surface area contributed by atoms with Gasteiger partial charge in [0, 0.05) is 4.75 Å². The summed E-state index contributed by atoms with van der Waals surface area (Å²) in [5.74, 6) is -1.05. The van der Waals surface area contributed by atoms with Crippen molar-refractivity contribution in [2.24, 2.45) is 0 Å². The minimum absolute atomic E-state index is 0.0978. The van der Waals surface area contributed by atoms with E-state index in [1.54, 1.807) is 27.7 Å². The summed E-state index contributed by atoms with van der Waals surface area (Å²) in [5.41, 5.74) is -2.04. The molecule has 3 nitrogen and oxygen atoms in total. The summed E-state index contributed by atoms with van der Waals surface area (Å²) in [7, 11) is -1.85. The largest absolute Gasteiger partial charge is 0.463 e. The molecule has 0 aliphatic carbocycles. The van der Waals surface area contributed by atoms with Crippen molar-refractivity contribution in [1.29, 1.82) is 0 Å². The van der Waals surface area contributed by atoms with Crippen LogP contribution in [0.25, 0.3) is 0 Å². The second kappa shape index (κ2) is 4.69. The monoisotopic (exact) mass is 210 g/mol. The zero-order valence-corrected chi connectivity index (χ0v) is 9.11. The Morgan fingerprint density at radius 3 is 2.31 bits per heavy atom. The van der Waals surface area contributed by atoms with Gasteiger partial charge < -0.3 is 4.74 Å². The number of ether oxygens (including phenoxy) is 1. The van der Waals surface area contributed by atoms with Gasteiger partial charge in [-0.15, -0.1) is 0 Å². The van der Waals surface area contributed by atoms with Crippen molar-refractivity contribution < 1.29 is 18.1 Å². The first-order chi connectivity index (χ1) is 5.80. The lowest BCUT2D eigenvalue weighted by molar-refractivity contribution is -0.145. The molecule has 0 saturated heterocycles. The van der Waals surface area contributed by atoms with Crippen molar-refractivity contribution in [1.82, 2.24) is 0 Å².